The number of carbonyl (C=O) groups excluding carboxylic acids is 2. The molecule has 0 saturated carbocycles. The molecule has 0 aliphatic carbocycles. The van der Waals surface area contributed by atoms with Crippen LogP contribution >= 0.6 is 0 Å². The molecule has 4 rings (SSSR count). The first-order valence-electron chi connectivity index (χ1n) is 12.5. The fourth-order valence-electron chi connectivity index (χ4n) is 5.11. The summed E-state index contributed by atoms with van der Waals surface area (Å²) >= 11 is 0. The topological polar surface area (TPSA) is 92.8 Å². The van der Waals surface area contributed by atoms with E-state index in [9.17, 15) is 35.6 Å². The fraction of sp³-hybridized carbons (Fsp3) is 0.481. The van der Waals surface area contributed by atoms with E-state index in [1.807, 2.05) is 0 Å². The van der Waals surface area contributed by atoms with E-state index >= 15 is 0 Å². The highest BCUT2D eigenvalue weighted by molar-refractivity contribution is 7.90. The summed E-state index contributed by atoms with van der Waals surface area (Å²) in [5.74, 6) is -1.44. The number of nitrogens with zero attached hydrogens (tertiary/aromatic N) is 1. The van der Waals surface area contributed by atoms with Crippen molar-refractivity contribution in [2.24, 2.45) is 5.92 Å². The second-order valence-electron chi connectivity index (χ2n) is 10.4. The molecule has 5 atom stereocenters. The highest BCUT2D eigenvalue weighted by Crippen LogP contribution is 2.36. The molecule has 2 heterocycles. The summed E-state index contributed by atoms with van der Waals surface area (Å²) in [7, 11) is -3.44. The number of benzene rings is 2. The molecule has 0 aromatic heterocycles. The number of carbonyl (C=O) groups is 2. The van der Waals surface area contributed by atoms with Gasteiger partial charge in [-0.05, 0) is 47.2 Å². The molecule has 2 aliphatic heterocycles. The predicted octanol–water partition coefficient (Wildman–Crippen LogP) is 3.88. The summed E-state index contributed by atoms with van der Waals surface area (Å²) in [5, 5.41) is 2.47. The average molecular weight is 571 g/mol. The lowest BCUT2D eigenvalue weighted by atomic mass is 9.96. The number of rotatable bonds is 8. The molecule has 0 spiro atoms. The molecule has 2 aromatic rings. The zero-order valence-electron chi connectivity index (χ0n) is 21.6. The third-order valence-corrected chi connectivity index (χ3v) is 8.07. The van der Waals surface area contributed by atoms with Gasteiger partial charge in [0.1, 0.15) is 31.0 Å². The number of likely N-dealkylation sites (tertiary alicyclic amines) is 1. The number of nitrogens with one attached hydrogen (secondary N) is 1. The van der Waals surface area contributed by atoms with Crippen LogP contribution in [0.2, 0.25) is 0 Å². The van der Waals surface area contributed by atoms with E-state index in [-0.39, 0.29) is 29.4 Å². The monoisotopic (exact) mass is 570 g/mol. The summed E-state index contributed by atoms with van der Waals surface area (Å²) in [4.78, 5) is 26.9. The third kappa shape index (κ3) is 6.33. The molecule has 212 valence electrons. The van der Waals surface area contributed by atoms with Crippen LogP contribution in [0.15, 0.2) is 53.4 Å². The maximum absolute atomic E-state index is 14.5. The van der Waals surface area contributed by atoms with Gasteiger partial charge in [0.15, 0.2) is 15.6 Å². The van der Waals surface area contributed by atoms with Crippen molar-refractivity contribution in [1.82, 2.24) is 10.2 Å². The maximum atomic E-state index is 14.5. The summed E-state index contributed by atoms with van der Waals surface area (Å²) in [5.41, 5.74) is 0.778. The smallest absolute Gasteiger partial charge is 0.365 e. The number of ketones is 1. The average Bonchev–Trinajstić information content (AvgIpc) is 3.40. The van der Waals surface area contributed by atoms with Crippen molar-refractivity contribution < 1.29 is 40.3 Å². The van der Waals surface area contributed by atoms with Gasteiger partial charge in [0.25, 0.3) is 0 Å². The van der Waals surface area contributed by atoms with Crippen LogP contribution in [0.1, 0.15) is 31.9 Å². The van der Waals surface area contributed by atoms with Gasteiger partial charge in [-0.3, -0.25) is 14.9 Å². The molecule has 1 amide bonds. The first-order chi connectivity index (χ1) is 18.2. The Morgan fingerprint density at radius 2 is 1.79 bits per heavy atom. The Bertz CT molecular complexity index is 1330. The number of halogens is 4. The van der Waals surface area contributed by atoms with Crippen LogP contribution in [0, 0.1) is 5.92 Å². The molecule has 39 heavy (non-hydrogen) atoms. The second kappa shape index (κ2) is 11.0. The first kappa shape index (κ1) is 29.2. The number of ether oxygens (including phenoxy) is 1. The van der Waals surface area contributed by atoms with E-state index in [1.54, 1.807) is 19.9 Å². The predicted molar refractivity (Wildman–Crippen MR) is 135 cm³/mol. The lowest BCUT2D eigenvalue weighted by Crippen LogP contribution is -2.53. The van der Waals surface area contributed by atoms with Gasteiger partial charge in [0.2, 0.25) is 5.91 Å². The summed E-state index contributed by atoms with van der Waals surface area (Å²) in [6.07, 6.45) is -6.42. The lowest BCUT2D eigenvalue weighted by molar-refractivity contribution is -0.163. The van der Waals surface area contributed by atoms with Gasteiger partial charge in [-0.1, -0.05) is 44.2 Å². The Morgan fingerprint density at radius 1 is 1.13 bits per heavy atom. The summed E-state index contributed by atoms with van der Waals surface area (Å²) in [6, 6.07) is 6.71. The van der Waals surface area contributed by atoms with E-state index in [4.69, 9.17) is 4.74 Å². The number of sulfone groups is 1. The van der Waals surface area contributed by atoms with E-state index in [2.05, 4.69) is 5.32 Å². The van der Waals surface area contributed by atoms with Gasteiger partial charge in [-0.15, -0.1) is 0 Å². The van der Waals surface area contributed by atoms with Crippen LogP contribution in [0.3, 0.4) is 0 Å². The van der Waals surface area contributed by atoms with Crippen molar-refractivity contribution in [1.29, 1.82) is 0 Å². The minimum atomic E-state index is -4.79. The number of amides is 1. The minimum absolute atomic E-state index is 0.0257. The molecular formula is C27H30F4N2O5S. The van der Waals surface area contributed by atoms with Crippen LogP contribution in [0.5, 0.6) is 0 Å². The van der Waals surface area contributed by atoms with Gasteiger partial charge in [-0.2, -0.15) is 13.2 Å². The molecule has 12 heteroatoms. The largest absolute Gasteiger partial charge is 0.407 e. The zero-order chi connectivity index (χ0) is 28.7. The number of alkyl halides is 4. The minimum Gasteiger partial charge on any atom is -0.365 e. The first-order valence-corrected chi connectivity index (χ1v) is 14.4. The zero-order valence-corrected chi connectivity index (χ0v) is 22.4. The molecule has 0 bridgehead atoms. The second-order valence-corrected chi connectivity index (χ2v) is 12.5. The van der Waals surface area contributed by atoms with Crippen LogP contribution in [0.25, 0.3) is 11.1 Å². The normalized spacial score (nSPS) is 23.2. The van der Waals surface area contributed by atoms with Crippen LogP contribution in [-0.2, 0) is 24.2 Å². The van der Waals surface area contributed by atoms with Crippen LogP contribution in [-0.4, -0.2) is 75.0 Å². The molecule has 7 nitrogen and oxygen atoms in total. The molecule has 0 unspecified atom stereocenters. The van der Waals surface area contributed by atoms with Crippen molar-refractivity contribution >= 4 is 21.5 Å². The molecule has 2 saturated heterocycles. The SMILES string of the molecule is CC(C)C[C@H](N[C@@H](c1cccc(-c2ccc(S(C)(=O)=O)cc2)c1)C(F)(F)F)C(=O)N1C[C@H](F)[C@H]2OCC(=O)[C@H]21. The summed E-state index contributed by atoms with van der Waals surface area (Å²) in [6.45, 7) is 2.73. The van der Waals surface area contributed by atoms with Gasteiger partial charge >= 0.3 is 6.18 Å². The summed E-state index contributed by atoms with van der Waals surface area (Å²) < 4.78 is 86.4. The third-order valence-electron chi connectivity index (χ3n) is 6.94. The highest BCUT2D eigenvalue weighted by Gasteiger charge is 2.54. The Balaban J connectivity index is 1.64. The molecule has 1 N–H and O–H groups in total. The standard InChI is InChI=1S/C27H30F4N2O5S/c1-15(2)11-21(26(35)33-13-20(28)24-23(33)22(34)14-38-24)32-25(27(29,30)31)18-6-4-5-17(12-18)16-7-9-19(10-8-16)39(3,36)37/h4-10,12,15,20-21,23-25,32H,11,13-14H2,1-3H3/t20-,21-,23+,24+,25-/m0/s1. The Labute approximate surface area is 224 Å². The van der Waals surface area contributed by atoms with Crippen molar-refractivity contribution in [2.45, 2.75) is 61.7 Å². The molecular weight excluding hydrogens is 540 g/mol. The number of hydrogen-bond acceptors (Lipinski definition) is 6. The quantitative estimate of drug-likeness (QED) is 0.485. The van der Waals surface area contributed by atoms with Gasteiger partial charge in [-0.25, -0.2) is 12.8 Å². The van der Waals surface area contributed by atoms with Crippen LogP contribution in [0.4, 0.5) is 17.6 Å². The number of hydrogen-bond donors (Lipinski definition) is 1. The van der Waals surface area contributed by atoms with E-state index in [1.165, 1.54) is 42.5 Å². The van der Waals surface area contributed by atoms with E-state index < -0.39 is 64.6 Å². The van der Waals surface area contributed by atoms with Crippen LogP contribution < -0.4 is 5.32 Å². The van der Waals surface area contributed by atoms with Crippen molar-refractivity contribution in [2.75, 3.05) is 19.4 Å². The molecule has 2 fully saturated rings. The Kier molecular flexibility index (Phi) is 8.21. The van der Waals surface area contributed by atoms with E-state index in [0.717, 1.165) is 11.2 Å². The van der Waals surface area contributed by atoms with Crippen molar-refractivity contribution in [3.63, 3.8) is 0 Å². The molecule has 2 aliphatic rings. The maximum Gasteiger partial charge on any atom is 0.407 e. The fourth-order valence-corrected chi connectivity index (χ4v) is 5.74. The van der Waals surface area contributed by atoms with Gasteiger partial charge in [0, 0.05) is 6.26 Å². The van der Waals surface area contributed by atoms with Gasteiger partial charge < -0.3 is 9.64 Å². The molecule has 0 radical (unpaired) electrons. The van der Waals surface area contributed by atoms with E-state index in [0.29, 0.717) is 11.1 Å². The number of Topliss-reactive ketones (excluding diaryl/α,β-unsaturated/α-hetero) is 1. The highest BCUT2D eigenvalue weighted by atomic mass is 32.2. The Hall–Kier alpha value is -2.83. The Morgan fingerprint density at radius 3 is 2.38 bits per heavy atom. The van der Waals surface area contributed by atoms with Crippen molar-refractivity contribution in [3.8, 4) is 11.1 Å². The lowest BCUT2D eigenvalue weighted by Gasteiger charge is -2.32. The number of fused-ring (bicyclic) bond motifs is 1. The van der Waals surface area contributed by atoms with Gasteiger partial charge in [0.05, 0.1) is 17.5 Å². The molecule has 2 aromatic carbocycles. The van der Waals surface area contributed by atoms with Crippen molar-refractivity contribution in [3.05, 3.63) is 54.1 Å².